The van der Waals surface area contributed by atoms with Crippen LogP contribution in [0, 0.1) is 0 Å². The summed E-state index contributed by atoms with van der Waals surface area (Å²) in [5, 5.41) is 33.9. The molecule has 0 spiro atoms. The van der Waals surface area contributed by atoms with Gasteiger partial charge in [-0.3, -0.25) is 28.8 Å². The summed E-state index contributed by atoms with van der Waals surface area (Å²) >= 11 is 19.4. The highest BCUT2D eigenvalue weighted by Gasteiger charge is 2.41. The van der Waals surface area contributed by atoms with Gasteiger partial charge >= 0.3 is 11.9 Å². The lowest BCUT2D eigenvalue weighted by molar-refractivity contribution is -0.137. The van der Waals surface area contributed by atoms with Crippen molar-refractivity contribution in [2.75, 3.05) is 43.0 Å². The van der Waals surface area contributed by atoms with E-state index in [0.717, 1.165) is 4.90 Å². The number of carbonyl (C=O) groups excluding carboxylic acids is 4. The van der Waals surface area contributed by atoms with Gasteiger partial charge in [0.05, 0.1) is 21.4 Å². The number of phenols is 1. The van der Waals surface area contributed by atoms with E-state index in [1.165, 1.54) is 59.5 Å². The summed E-state index contributed by atoms with van der Waals surface area (Å²) in [5.74, 6) is -3.43. The number of ether oxygens (including phenoxy) is 5. The highest BCUT2D eigenvalue weighted by atomic mass is 35.5. The van der Waals surface area contributed by atoms with Crippen molar-refractivity contribution >= 4 is 88.9 Å². The van der Waals surface area contributed by atoms with Gasteiger partial charge in [0, 0.05) is 38.6 Å². The molecule has 0 heterocycles. The number of fused-ring (bicyclic) bond motifs is 2. The third kappa shape index (κ3) is 12.5. The smallest absolute Gasteiger partial charge is 0.323 e. The van der Waals surface area contributed by atoms with Crippen molar-refractivity contribution in [3.63, 3.8) is 0 Å². The molecule has 0 saturated heterocycles. The Morgan fingerprint density at radius 1 is 0.851 bits per heavy atom. The molecule has 5 rings (SSSR count). The fraction of sp³-hybridized carbons (Fsp3) is 0.333. The molecule has 2 aliphatic carbocycles. The molecule has 0 aliphatic heterocycles. The number of ketones is 1. The van der Waals surface area contributed by atoms with Gasteiger partial charge in [0.15, 0.2) is 19.2 Å². The number of halogens is 3. The second-order valence-corrected chi connectivity index (χ2v) is 16.9. The number of carboxylic acids is 2. The van der Waals surface area contributed by atoms with Crippen LogP contribution in [0.4, 0.5) is 11.4 Å². The highest BCUT2D eigenvalue weighted by molar-refractivity contribution is 6.45. The predicted molar refractivity (Wildman–Crippen MR) is 245 cm³/mol. The lowest BCUT2D eigenvalue weighted by Gasteiger charge is -2.39. The Morgan fingerprint density at radius 2 is 1.51 bits per heavy atom. The summed E-state index contributed by atoms with van der Waals surface area (Å²) in [4.78, 5) is 77.3. The third-order valence-electron chi connectivity index (χ3n) is 10.8. The normalized spacial score (nSPS) is 14.4. The zero-order valence-corrected chi connectivity index (χ0v) is 38.4. The van der Waals surface area contributed by atoms with Gasteiger partial charge in [0.2, 0.25) is 0 Å². The zero-order chi connectivity index (χ0) is 49.0. The summed E-state index contributed by atoms with van der Waals surface area (Å²) in [6, 6.07) is 9.79. The van der Waals surface area contributed by atoms with Crippen LogP contribution in [-0.4, -0.2) is 97.8 Å². The van der Waals surface area contributed by atoms with Crippen molar-refractivity contribution < 1.29 is 67.8 Å². The van der Waals surface area contributed by atoms with E-state index in [2.05, 4.69) is 10.0 Å². The molecule has 2 aliphatic rings. The van der Waals surface area contributed by atoms with Gasteiger partial charge in [-0.15, -0.1) is 0 Å². The first-order valence-corrected chi connectivity index (χ1v) is 21.4. The van der Waals surface area contributed by atoms with Gasteiger partial charge in [-0.05, 0) is 95.6 Å². The monoisotopic (exact) mass is 983 g/mol. The number of phenolic OH excluding ortho intramolecular Hbond substituents is 1. The summed E-state index contributed by atoms with van der Waals surface area (Å²) in [6.07, 6.45) is 3.75. The van der Waals surface area contributed by atoms with Crippen molar-refractivity contribution in [1.82, 2.24) is 0 Å². The van der Waals surface area contributed by atoms with Crippen LogP contribution in [0.3, 0.4) is 0 Å². The molecular formula is C45H44Cl3N5O14. The van der Waals surface area contributed by atoms with E-state index in [1.54, 1.807) is 6.92 Å². The standard InChI is InChI=1S/C45H44Cl3N5O14/c1-25(50-51-49)6-4-5-7-27(67-39-9-8-26(46)10-35(39)52(17-42(59)60)18-43(61)62)19-65-41-13-30(40(66-24-56)16-36(41)53(20-63-22-54)21-64-23-55)44-28-11-33(47)37(57)14-31(28)45(2,3)32-15-38(58)34(48)12-29(32)44/h8-16,22-25,27,57H,4-7,17-21H2,1-3H3,(H,59,60)(H,61,62). The molecule has 2 unspecified atom stereocenters. The second kappa shape index (κ2) is 23.0. The first-order chi connectivity index (χ1) is 31.9. The van der Waals surface area contributed by atoms with E-state index in [4.69, 9.17) is 64.0 Å². The maximum atomic E-state index is 13.1. The Labute approximate surface area is 398 Å². The fourth-order valence-electron chi connectivity index (χ4n) is 7.70. The van der Waals surface area contributed by atoms with Gasteiger partial charge in [0.25, 0.3) is 19.4 Å². The average molecular weight is 985 g/mol. The molecule has 0 fully saturated rings. The van der Waals surface area contributed by atoms with Gasteiger partial charge in [-0.2, -0.15) is 0 Å². The number of benzene rings is 3. The van der Waals surface area contributed by atoms with Crippen LogP contribution < -0.4 is 24.0 Å². The van der Waals surface area contributed by atoms with Crippen molar-refractivity contribution in [3.8, 4) is 23.0 Å². The topological polar surface area (TPSA) is 264 Å². The number of unbranched alkanes of at least 4 members (excludes halogenated alkanes) is 1. The molecule has 0 bridgehead atoms. The molecule has 354 valence electrons. The molecular weight excluding hydrogens is 941 g/mol. The quantitative estimate of drug-likeness (QED) is 0.0171. The molecule has 67 heavy (non-hydrogen) atoms. The SMILES string of the molecule is CC(CCCCC(COc1cc(C2=C3C=C(Cl)C(=O)C=C3C(C)(C)c3cc(O)c(Cl)cc32)c(OC=O)cc1N(COC=O)COC=O)Oc1ccc(Cl)cc1N(CC(=O)O)CC(=O)O)N=[N+]=[N-]. The van der Waals surface area contributed by atoms with Crippen LogP contribution in [0.25, 0.3) is 16.0 Å². The molecule has 3 aromatic rings. The van der Waals surface area contributed by atoms with Crippen LogP contribution in [0.1, 0.15) is 63.1 Å². The molecule has 3 aromatic carbocycles. The van der Waals surface area contributed by atoms with Crippen molar-refractivity contribution in [2.45, 2.75) is 64.0 Å². The van der Waals surface area contributed by atoms with Gasteiger partial charge in [-0.25, -0.2) is 0 Å². The molecule has 0 radical (unpaired) electrons. The van der Waals surface area contributed by atoms with Gasteiger partial charge < -0.3 is 48.8 Å². The fourth-order valence-corrected chi connectivity index (χ4v) is 8.20. The molecule has 0 aromatic heterocycles. The van der Waals surface area contributed by atoms with Crippen molar-refractivity contribution in [2.24, 2.45) is 5.11 Å². The highest BCUT2D eigenvalue weighted by Crippen LogP contribution is 2.54. The lowest BCUT2D eigenvalue weighted by Crippen LogP contribution is -2.35. The number of nitrogens with zero attached hydrogens (tertiary/aromatic N) is 5. The number of aliphatic carboxylic acids is 2. The lowest BCUT2D eigenvalue weighted by atomic mass is 9.64. The molecule has 0 saturated carbocycles. The Hall–Kier alpha value is -6.92. The first-order valence-electron chi connectivity index (χ1n) is 20.3. The number of hydrogen-bond acceptors (Lipinski definition) is 15. The van der Waals surface area contributed by atoms with E-state index in [9.17, 15) is 44.1 Å². The van der Waals surface area contributed by atoms with Crippen LogP contribution >= 0.6 is 34.8 Å². The number of hydrogen-bond donors (Lipinski definition) is 3. The van der Waals surface area contributed by atoms with E-state index >= 15 is 0 Å². The summed E-state index contributed by atoms with van der Waals surface area (Å²) in [7, 11) is 0. The number of anilines is 2. The van der Waals surface area contributed by atoms with E-state index in [-0.39, 0.29) is 93.5 Å². The Morgan fingerprint density at radius 3 is 2.13 bits per heavy atom. The minimum Gasteiger partial charge on any atom is -0.506 e. The third-order valence-corrected chi connectivity index (χ3v) is 11.6. The number of carboxylic acid groups (broad SMARTS) is 2. The van der Waals surface area contributed by atoms with Crippen molar-refractivity contribution in [1.29, 1.82) is 0 Å². The van der Waals surface area contributed by atoms with Gasteiger partial charge in [-0.1, -0.05) is 67.1 Å². The minimum absolute atomic E-state index is 0.00520. The van der Waals surface area contributed by atoms with Crippen LogP contribution in [-0.2, 0) is 43.7 Å². The number of allylic oxidation sites excluding steroid dienone is 5. The molecule has 22 heteroatoms. The Kier molecular flexibility index (Phi) is 17.5. The molecule has 2 atom stereocenters. The molecule has 3 N–H and O–H groups in total. The second-order valence-electron chi connectivity index (χ2n) is 15.7. The maximum absolute atomic E-state index is 13.1. The predicted octanol–water partition coefficient (Wildman–Crippen LogP) is 8.09. The van der Waals surface area contributed by atoms with Crippen LogP contribution in [0.15, 0.2) is 75.9 Å². The Bertz CT molecular complexity index is 2550. The van der Waals surface area contributed by atoms with E-state index < -0.39 is 55.8 Å². The number of aromatic hydroxyl groups is 1. The van der Waals surface area contributed by atoms with Crippen LogP contribution in [0.2, 0.25) is 10.0 Å². The number of carbonyl (C=O) groups is 6. The van der Waals surface area contributed by atoms with Crippen LogP contribution in [0.5, 0.6) is 23.0 Å². The van der Waals surface area contributed by atoms with Gasteiger partial charge in [0.1, 0.15) is 48.8 Å². The minimum atomic E-state index is -1.33. The average Bonchev–Trinajstić information content (AvgIpc) is 3.26. The van der Waals surface area contributed by atoms with E-state index in [1.807, 2.05) is 13.8 Å². The zero-order valence-electron chi connectivity index (χ0n) is 36.1. The molecule has 0 amide bonds. The maximum Gasteiger partial charge on any atom is 0.323 e. The Balaban J connectivity index is 1.73. The first kappa shape index (κ1) is 51.1. The summed E-state index contributed by atoms with van der Waals surface area (Å²) < 4.78 is 28.8. The molecule has 19 nitrogen and oxygen atoms in total. The van der Waals surface area contributed by atoms with E-state index in [0.29, 0.717) is 47.1 Å². The summed E-state index contributed by atoms with van der Waals surface area (Å²) in [6.45, 7) is 3.14. The largest absolute Gasteiger partial charge is 0.506 e. The number of rotatable bonds is 26. The number of azide groups is 1. The van der Waals surface area contributed by atoms with Crippen molar-refractivity contribution in [3.05, 3.63) is 108 Å². The summed E-state index contributed by atoms with van der Waals surface area (Å²) in [5.41, 5.74) is 10.5.